The lowest BCUT2D eigenvalue weighted by Gasteiger charge is -2.37. The summed E-state index contributed by atoms with van der Waals surface area (Å²) in [7, 11) is -3.75. The van der Waals surface area contributed by atoms with Crippen LogP contribution in [0.5, 0.6) is 0 Å². The topological polar surface area (TPSA) is 83.7 Å². The van der Waals surface area contributed by atoms with Gasteiger partial charge < -0.3 is 10.6 Å². The first-order valence-electron chi connectivity index (χ1n) is 7.07. The molecule has 128 valence electrons. The van der Waals surface area contributed by atoms with Gasteiger partial charge in [-0.15, -0.1) is 0 Å². The lowest BCUT2D eigenvalue weighted by molar-refractivity contribution is -0.137. The molecule has 1 heterocycles. The van der Waals surface area contributed by atoms with Crippen LogP contribution in [0.3, 0.4) is 0 Å². The van der Waals surface area contributed by atoms with E-state index in [9.17, 15) is 13.2 Å². The number of rotatable bonds is 3. The monoisotopic (exact) mass is 379 g/mol. The fourth-order valence-corrected chi connectivity index (χ4v) is 4.51. The maximum absolute atomic E-state index is 12.7. The van der Waals surface area contributed by atoms with E-state index >= 15 is 0 Å². The highest BCUT2D eigenvalue weighted by Gasteiger charge is 2.34. The quantitative estimate of drug-likeness (QED) is 0.863. The first kappa shape index (κ1) is 18.5. The minimum atomic E-state index is -3.75. The molecule has 2 N–H and O–H groups in total. The van der Waals surface area contributed by atoms with Crippen molar-refractivity contribution in [3.05, 3.63) is 28.2 Å². The van der Waals surface area contributed by atoms with Gasteiger partial charge in [-0.05, 0) is 32.0 Å². The van der Waals surface area contributed by atoms with Gasteiger partial charge in [0.05, 0.1) is 10.6 Å². The molecular weight excluding hydrogens is 361 g/mol. The zero-order chi connectivity index (χ0) is 17.4. The summed E-state index contributed by atoms with van der Waals surface area (Å²) in [5, 5.41) is 0.419. The van der Waals surface area contributed by atoms with Gasteiger partial charge in [-0.3, -0.25) is 4.79 Å². The number of carbonyl (C=O) groups excluding carboxylic acids is 1. The lowest BCUT2D eigenvalue weighted by Crippen LogP contribution is -2.57. The third kappa shape index (κ3) is 3.97. The molecule has 1 saturated heterocycles. The average molecular weight is 380 g/mol. The van der Waals surface area contributed by atoms with Crippen LogP contribution in [0, 0.1) is 0 Å². The molecule has 0 saturated carbocycles. The number of carbonyl (C=O) groups is 1. The molecule has 0 bridgehead atoms. The van der Waals surface area contributed by atoms with Crippen molar-refractivity contribution in [3.63, 3.8) is 0 Å². The van der Waals surface area contributed by atoms with E-state index in [1.165, 1.54) is 22.5 Å². The molecule has 0 spiro atoms. The van der Waals surface area contributed by atoms with Crippen LogP contribution < -0.4 is 5.73 Å². The van der Waals surface area contributed by atoms with Crippen molar-refractivity contribution >= 4 is 39.1 Å². The number of sulfonamides is 1. The molecule has 1 aromatic rings. The largest absolute Gasteiger partial charge is 0.338 e. The Labute approximate surface area is 146 Å². The Hall–Kier alpha value is -0.860. The lowest BCUT2D eigenvalue weighted by atomic mass is 10.1. The molecule has 0 aliphatic carbocycles. The van der Waals surface area contributed by atoms with E-state index in [4.69, 9.17) is 28.9 Å². The fraction of sp³-hybridized carbons (Fsp3) is 0.500. The summed E-state index contributed by atoms with van der Waals surface area (Å²) in [6.45, 7) is 4.21. The highest BCUT2D eigenvalue weighted by atomic mass is 35.5. The van der Waals surface area contributed by atoms with Crippen LogP contribution in [0.4, 0.5) is 0 Å². The van der Waals surface area contributed by atoms with Crippen LogP contribution in [-0.4, -0.2) is 55.2 Å². The van der Waals surface area contributed by atoms with Crippen LogP contribution in [0.25, 0.3) is 0 Å². The summed E-state index contributed by atoms with van der Waals surface area (Å²) in [5.74, 6) is -0.199. The molecule has 9 heteroatoms. The van der Waals surface area contributed by atoms with Crippen LogP contribution in [0.15, 0.2) is 23.1 Å². The summed E-state index contributed by atoms with van der Waals surface area (Å²) < 4.78 is 26.7. The molecule has 0 atom stereocenters. The standard InChI is InChI=1S/C14H19Cl2N3O3S/c1-14(2,17)13(20)18-5-7-19(8-6-18)23(21,22)12-9-10(15)3-4-11(12)16/h3-4,9H,5-8,17H2,1-2H3. The number of hydrogen-bond acceptors (Lipinski definition) is 4. The van der Waals surface area contributed by atoms with E-state index in [0.717, 1.165) is 0 Å². The van der Waals surface area contributed by atoms with Gasteiger partial charge in [-0.2, -0.15) is 4.31 Å². The Kier molecular flexibility index (Phi) is 5.27. The van der Waals surface area contributed by atoms with Gasteiger partial charge in [0.2, 0.25) is 15.9 Å². The zero-order valence-electron chi connectivity index (χ0n) is 12.9. The number of nitrogens with two attached hydrogens (primary N) is 1. The Morgan fingerprint density at radius 2 is 1.74 bits per heavy atom. The second kappa shape index (κ2) is 6.57. The molecule has 1 aromatic carbocycles. The number of nitrogens with zero attached hydrogens (tertiary/aromatic N) is 2. The second-order valence-corrected chi connectivity index (χ2v) is 8.74. The maximum atomic E-state index is 12.7. The van der Waals surface area contributed by atoms with Gasteiger partial charge in [0.15, 0.2) is 0 Å². The minimum Gasteiger partial charge on any atom is -0.338 e. The Bertz CT molecular complexity index is 708. The molecular formula is C14H19Cl2N3O3S. The Morgan fingerprint density at radius 1 is 1.17 bits per heavy atom. The van der Waals surface area contributed by atoms with Crippen molar-refractivity contribution < 1.29 is 13.2 Å². The fourth-order valence-electron chi connectivity index (χ4n) is 2.35. The third-order valence-electron chi connectivity index (χ3n) is 3.59. The van der Waals surface area contributed by atoms with E-state index in [0.29, 0.717) is 5.02 Å². The highest BCUT2D eigenvalue weighted by Crippen LogP contribution is 2.28. The van der Waals surface area contributed by atoms with Gasteiger partial charge in [0.25, 0.3) is 0 Å². The third-order valence-corrected chi connectivity index (χ3v) is 6.20. The molecule has 1 fully saturated rings. The molecule has 6 nitrogen and oxygen atoms in total. The van der Waals surface area contributed by atoms with E-state index in [1.807, 2.05) is 0 Å². The number of amides is 1. The SMILES string of the molecule is CC(C)(N)C(=O)N1CCN(S(=O)(=O)c2cc(Cl)ccc2Cl)CC1. The van der Waals surface area contributed by atoms with Gasteiger partial charge in [-0.1, -0.05) is 23.2 Å². The zero-order valence-corrected chi connectivity index (χ0v) is 15.2. The summed E-state index contributed by atoms with van der Waals surface area (Å²) in [6, 6.07) is 4.32. The molecule has 0 unspecified atom stereocenters. The summed E-state index contributed by atoms with van der Waals surface area (Å²) in [6.07, 6.45) is 0. The number of piperazine rings is 1. The summed E-state index contributed by atoms with van der Waals surface area (Å²) in [5.41, 5.74) is 4.83. The van der Waals surface area contributed by atoms with Crippen LogP contribution in [0.1, 0.15) is 13.8 Å². The molecule has 1 aliphatic heterocycles. The van der Waals surface area contributed by atoms with Crippen LogP contribution in [-0.2, 0) is 14.8 Å². The Balaban J connectivity index is 2.16. The Morgan fingerprint density at radius 3 is 2.26 bits per heavy atom. The molecule has 2 rings (SSSR count). The maximum Gasteiger partial charge on any atom is 0.244 e. The van der Waals surface area contributed by atoms with E-state index in [1.54, 1.807) is 18.7 Å². The number of hydrogen-bond donors (Lipinski definition) is 1. The second-order valence-electron chi connectivity index (χ2n) is 5.99. The van der Waals surface area contributed by atoms with Crippen molar-refractivity contribution in [3.8, 4) is 0 Å². The number of benzene rings is 1. The minimum absolute atomic E-state index is 0.0226. The molecule has 0 aromatic heterocycles. The van der Waals surface area contributed by atoms with Gasteiger partial charge in [-0.25, -0.2) is 8.42 Å². The van der Waals surface area contributed by atoms with Gasteiger partial charge in [0.1, 0.15) is 4.90 Å². The first-order valence-corrected chi connectivity index (χ1v) is 9.26. The van der Waals surface area contributed by atoms with Gasteiger partial charge in [0, 0.05) is 31.2 Å². The van der Waals surface area contributed by atoms with Crippen molar-refractivity contribution in [2.24, 2.45) is 5.73 Å². The van der Waals surface area contributed by atoms with E-state index < -0.39 is 15.6 Å². The average Bonchev–Trinajstić information content (AvgIpc) is 2.48. The van der Waals surface area contributed by atoms with E-state index in [2.05, 4.69) is 0 Å². The molecule has 0 radical (unpaired) electrons. The normalized spacial score (nSPS) is 17.3. The highest BCUT2D eigenvalue weighted by molar-refractivity contribution is 7.89. The van der Waals surface area contributed by atoms with Crippen LogP contribution >= 0.6 is 23.2 Å². The number of halogens is 2. The molecule has 23 heavy (non-hydrogen) atoms. The van der Waals surface area contributed by atoms with Crippen molar-refractivity contribution in [1.29, 1.82) is 0 Å². The molecule has 1 amide bonds. The van der Waals surface area contributed by atoms with Crippen molar-refractivity contribution in [2.75, 3.05) is 26.2 Å². The smallest absolute Gasteiger partial charge is 0.244 e. The van der Waals surface area contributed by atoms with Gasteiger partial charge >= 0.3 is 0 Å². The predicted molar refractivity (Wildman–Crippen MR) is 90.1 cm³/mol. The predicted octanol–water partition coefficient (Wildman–Crippen LogP) is 1.56. The molecule has 1 aliphatic rings. The van der Waals surface area contributed by atoms with Crippen molar-refractivity contribution in [2.45, 2.75) is 24.3 Å². The summed E-state index contributed by atoms with van der Waals surface area (Å²) in [4.78, 5) is 13.7. The van der Waals surface area contributed by atoms with Crippen LogP contribution in [0.2, 0.25) is 10.0 Å². The van der Waals surface area contributed by atoms with E-state index in [-0.39, 0.29) is 42.0 Å². The first-order chi connectivity index (χ1) is 10.5. The van der Waals surface area contributed by atoms with Crippen molar-refractivity contribution in [1.82, 2.24) is 9.21 Å². The summed E-state index contributed by atoms with van der Waals surface area (Å²) >= 11 is 11.9.